The van der Waals surface area contributed by atoms with E-state index in [9.17, 15) is 24.0 Å². The number of amides is 3. The third-order valence-corrected chi connectivity index (χ3v) is 12.1. The molecule has 4 atom stereocenters. The predicted octanol–water partition coefficient (Wildman–Crippen LogP) is 7.73. The van der Waals surface area contributed by atoms with E-state index in [1.54, 1.807) is 41.5 Å². The standard InChI is InChI=1S/C49H68N8O9/c1-15-29-25(3)33-22-35-27(5)31(17-18-39(58)63-13)42(54-35)32(21-40(59)64-14)43-41(28(6)36(55-43)24-38-30(16-2)26(4)34(53-38)23-37(29)52-33)44(60)50-19-20-51-45(56-46(61)65-48(7,8)9)57-47(62)66-49(10,11)12/h15,22,27,31-32,34,52,55H,1,16-21,23-24H2,2-14H3,(H,50,60)(H2,51,56,57,61,62)/t27-,31-,32?,34?/m0/s1. The molecule has 2 aromatic rings. The van der Waals surface area contributed by atoms with Crippen LogP contribution in [-0.2, 0) is 41.4 Å². The molecule has 8 bridgehead atoms. The van der Waals surface area contributed by atoms with Crippen LogP contribution in [0.5, 0.6) is 0 Å². The highest BCUT2D eigenvalue weighted by Crippen LogP contribution is 2.43. The minimum Gasteiger partial charge on any atom is -0.469 e. The molecule has 0 saturated heterocycles. The van der Waals surface area contributed by atoms with Crippen molar-refractivity contribution in [1.29, 1.82) is 0 Å². The molecular formula is C49H68N8O9. The molecule has 0 spiro atoms. The molecule has 358 valence electrons. The van der Waals surface area contributed by atoms with Gasteiger partial charge in [-0.25, -0.2) is 9.59 Å². The normalized spacial score (nSPS) is 19.2. The number of rotatable bonds is 11. The Labute approximate surface area is 387 Å². The molecule has 0 radical (unpaired) electrons. The van der Waals surface area contributed by atoms with Crippen molar-refractivity contribution in [2.24, 2.45) is 26.8 Å². The number of esters is 2. The number of nitrogens with zero attached hydrogens (tertiary/aromatic N) is 3. The summed E-state index contributed by atoms with van der Waals surface area (Å²) in [6.45, 7) is 24.5. The first kappa shape index (κ1) is 50.7. The molecular weight excluding hydrogens is 845 g/mol. The number of fused-ring (bicyclic) bond motifs is 6. The molecule has 0 aromatic carbocycles. The second-order valence-electron chi connectivity index (χ2n) is 19.0. The number of aliphatic imine (C=N–C) groups is 3. The maximum Gasteiger partial charge on any atom is 0.414 e. The minimum atomic E-state index is -0.851. The van der Waals surface area contributed by atoms with E-state index in [-0.39, 0.29) is 55.7 Å². The van der Waals surface area contributed by atoms with E-state index in [1.807, 2.05) is 19.1 Å². The van der Waals surface area contributed by atoms with Gasteiger partial charge in [0.25, 0.3) is 5.91 Å². The number of alkyl carbamates (subject to hydrolysis) is 2. The van der Waals surface area contributed by atoms with Crippen LogP contribution in [0.3, 0.4) is 0 Å². The molecule has 17 nitrogen and oxygen atoms in total. The van der Waals surface area contributed by atoms with Gasteiger partial charge in [-0.15, -0.1) is 0 Å². The first-order chi connectivity index (χ1) is 31.0. The zero-order valence-corrected chi connectivity index (χ0v) is 40.8. The molecule has 2 unspecified atom stereocenters. The summed E-state index contributed by atoms with van der Waals surface area (Å²) in [7, 11) is 2.67. The van der Waals surface area contributed by atoms with Crippen LogP contribution in [-0.4, -0.2) is 102 Å². The van der Waals surface area contributed by atoms with Crippen molar-refractivity contribution in [2.75, 3.05) is 27.3 Å². The third-order valence-electron chi connectivity index (χ3n) is 12.1. The Bertz CT molecular complexity index is 2370. The summed E-state index contributed by atoms with van der Waals surface area (Å²) in [5, 5.41) is 7.88. The number of allylic oxidation sites excluding steroid dienone is 2. The fourth-order valence-corrected chi connectivity index (χ4v) is 8.82. The van der Waals surface area contributed by atoms with E-state index >= 15 is 0 Å². The topological polar surface area (TPSA) is 227 Å². The number of H-pyrrole nitrogens is 2. The van der Waals surface area contributed by atoms with Crippen molar-refractivity contribution in [1.82, 2.24) is 25.9 Å². The van der Waals surface area contributed by atoms with Crippen LogP contribution in [0.25, 0.3) is 12.2 Å². The largest absolute Gasteiger partial charge is 0.469 e. The lowest BCUT2D eigenvalue weighted by Crippen LogP contribution is -2.47. The van der Waals surface area contributed by atoms with Crippen LogP contribution < -0.4 is 16.0 Å². The molecule has 5 rings (SSSR count). The van der Waals surface area contributed by atoms with Crippen molar-refractivity contribution in [3.63, 3.8) is 0 Å². The van der Waals surface area contributed by atoms with Crippen molar-refractivity contribution in [2.45, 2.75) is 138 Å². The highest BCUT2D eigenvalue weighted by atomic mass is 16.6. The first-order valence-electron chi connectivity index (χ1n) is 22.6. The van der Waals surface area contributed by atoms with Crippen molar-refractivity contribution >= 4 is 59.6 Å². The Morgan fingerprint density at radius 1 is 0.924 bits per heavy atom. The molecule has 3 amide bonds. The van der Waals surface area contributed by atoms with E-state index in [0.29, 0.717) is 41.8 Å². The Kier molecular flexibility index (Phi) is 16.1. The zero-order valence-electron chi connectivity index (χ0n) is 40.8. The van der Waals surface area contributed by atoms with Crippen molar-refractivity contribution in [3.8, 4) is 0 Å². The van der Waals surface area contributed by atoms with E-state index in [1.165, 1.54) is 19.8 Å². The van der Waals surface area contributed by atoms with Crippen molar-refractivity contribution < 1.29 is 42.9 Å². The number of methoxy groups -OCH3 is 2. The van der Waals surface area contributed by atoms with Crippen LogP contribution in [0.15, 0.2) is 38.4 Å². The average Bonchev–Trinajstić information content (AvgIpc) is 3.91. The van der Waals surface area contributed by atoms with E-state index in [0.717, 1.165) is 51.6 Å². The summed E-state index contributed by atoms with van der Waals surface area (Å²) in [4.78, 5) is 88.5. The number of carbonyl (C=O) groups excluding carboxylic acids is 5. The molecule has 17 heteroatoms. The Hall–Kier alpha value is -6.26. The predicted molar refractivity (Wildman–Crippen MR) is 255 cm³/mol. The highest BCUT2D eigenvalue weighted by Gasteiger charge is 2.41. The van der Waals surface area contributed by atoms with Gasteiger partial charge in [0.15, 0.2) is 0 Å². The number of aromatic nitrogens is 2. The second kappa shape index (κ2) is 20.9. The zero-order chi connectivity index (χ0) is 48.8. The number of hydrogen-bond donors (Lipinski definition) is 5. The quantitative estimate of drug-likeness (QED) is 0.0488. The smallest absolute Gasteiger partial charge is 0.414 e. The van der Waals surface area contributed by atoms with E-state index < -0.39 is 41.2 Å². The lowest BCUT2D eigenvalue weighted by Gasteiger charge is -2.24. The molecule has 5 N–H and O–H groups in total. The van der Waals surface area contributed by atoms with Gasteiger partial charge in [-0.05, 0) is 109 Å². The van der Waals surface area contributed by atoms with Gasteiger partial charge >= 0.3 is 24.1 Å². The SMILES string of the molecule is C=Cc1c2[nH]c(c1C)C=C1N=C(C(CC(=O)OC)c3[nH]c(c(C)c3C(=O)NCCN=C(NC(=O)OC(C)(C)C)NC(=O)OC(C)(C)C)CC3=NC(C2)C(C)=C3CC)[C@@H](CCC(=O)OC)[C@@H]1C. The first-order valence-corrected chi connectivity index (χ1v) is 22.6. The molecule has 0 fully saturated rings. The van der Waals surface area contributed by atoms with Crippen LogP contribution in [0.4, 0.5) is 9.59 Å². The number of nitrogens with one attached hydrogen (secondary N) is 5. The number of guanidine groups is 1. The number of ether oxygens (including phenoxy) is 4. The molecule has 2 aromatic heterocycles. The molecule has 66 heavy (non-hydrogen) atoms. The maximum absolute atomic E-state index is 14.7. The highest BCUT2D eigenvalue weighted by molar-refractivity contribution is 6.07. The van der Waals surface area contributed by atoms with Gasteiger partial charge < -0.3 is 34.2 Å². The van der Waals surface area contributed by atoms with Gasteiger partial charge in [-0.2, -0.15) is 0 Å². The van der Waals surface area contributed by atoms with Crippen LogP contribution in [0, 0.1) is 25.7 Å². The number of carbonyl (C=O) groups is 5. The molecule has 3 aliphatic rings. The van der Waals surface area contributed by atoms with Gasteiger partial charge in [0.2, 0.25) is 5.96 Å². The Morgan fingerprint density at radius 2 is 1.56 bits per heavy atom. The van der Waals surface area contributed by atoms with Gasteiger partial charge in [0.05, 0.1) is 38.8 Å². The van der Waals surface area contributed by atoms with Crippen LogP contribution in [0.1, 0.15) is 144 Å². The van der Waals surface area contributed by atoms with E-state index in [2.05, 4.69) is 65.2 Å². The van der Waals surface area contributed by atoms with E-state index in [4.69, 9.17) is 28.9 Å². The maximum atomic E-state index is 14.7. The average molecular weight is 913 g/mol. The minimum absolute atomic E-state index is 0.0255. The summed E-state index contributed by atoms with van der Waals surface area (Å²) in [5.74, 6) is -2.87. The van der Waals surface area contributed by atoms with Crippen LogP contribution in [0.2, 0.25) is 0 Å². The summed E-state index contributed by atoms with van der Waals surface area (Å²) in [6.07, 6.45) is 4.30. The van der Waals surface area contributed by atoms with Gasteiger partial charge in [0, 0.05) is 83.5 Å². The van der Waals surface area contributed by atoms with Crippen LogP contribution >= 0.6 is 0 Å². The van der Waals surface area contributed by atoms with Gasteiger partial charge in [-0.3, -0.25) is 40.0 Å². The van der Waals surface area contributed by atoms with Gasteiger partial charge in [0.1, 0.15) is 11.2 Å². The summed E-state index contributed by atoms with van der Waals surface area (Å²) in [5.41, 5.74) is 9.08. The molecule has 3 aliphatic heterocycles. The second-order valence-corrected chi connectivity index (χ2v) is 19.0. The van der Waals surface area contributed by atoms with Crippen molar-refractivity contribution in [3.05, 3.63) is 68.5 Å². The fraction of sp³-hybridized carbons (Fsp3) is 0.551. The van der Waals surface area contributed by atoms with Gasteiger partial charge in [-0.1, -0.05) is 26.5 Å². The summed E-state index contributed by atoms with van der Waals surface area (Å²) in [6, 6.07) is -0.123. The fourth-order valence-electron chi connectivity index (χ4n) is 8.82. The lowest BCUT2D eigenvalue weighted by molar-refractivity contribution is -0.141. The molecule has 0 aliphatic carbocycles. The monoisotopic (exact) mass is 913 g/mol. The summed E-state index contributed by atoms with van der Waals surface area (Å²) >= 11 is 0. The third kappa shape index (κ3) is 12.1. The summed E-state index contributed by atoms with van der Waals surface area (Å²) < 4.78 is 21.1. The lowest BCUT2D eigenvalue weighted by atomic mass is 9.79. The number of hydrogen-bond acceptors (Lipinski definition) is 12. The Balaban J connectivity index is 1.63. The Morgan fingerprint density at radius 3 is 2.14 bits per heavy atom. The molecule has 0 saturated carbocycles. The number of aromatic amines is 2. The molecule has 5 heterocycles.